The van der Waals surface area contributed by atoms with E-state index < -0.39 is 29.1 Å². The fourth-order valence-corrected chi connectivity index (χ4v) is 1.90. The molecule has 1 amide bonds. The standard InChI is InChI=1S/C16H15F2N3O4/c17-11-1-6-15(14(18)9-11)25-10-16(22)20-8-7-19-12-2-4-13(5-3-12)21(23)24/h1-6,9,19H,7-8,10H2,(H,20,22). The molecule has 0 radical (unpaired) electrons. The van der Waals surface area contributed by atoms with Gasteiger partial charge in [0.1, 0.15) is 5.82 Å². The second-order valence-electron chi connectivity index (χ2n) is 4.94. The van der Waals surface area contributed by atoms with Crippen molar-refractivity contribution in [3.8, 4) is 5.75 Å². The summed E-state index contributed by atoms with van der Waals surface area (Å²) in [6, 6.07) is 8.65. The number of carbonyl (C=O) groups is 1. The number of non-ortho nitro benzene ring substituents is 1. The molecule has 25 heavy (non-hydrogen) atoms. The van der Waals surface area contributed by atoms with Crippen molar-refractivity contribution in [2.24, 2.45) is 0 Å². The smallest absolute Gasteiger partial charge is 0.269 e. The van der Waals surface area contributed by atoms with E-state index in [9.17, 15) is 23.7 Å². The number of amides is 1. The molecule has 0 spiro atoms. The van der Waals surface area contributed by atoms with E-state index in [1.807, 2.05) is 0 Å². The zero-order valence-electron chi connectivity index (χ0n) is 13.0. The van der Waals surface area contributed by atoms with Crippen molar-refractivity contribution in [1.29, 1.82) is 0 Å². The molecule has 0 heterocycles. The van der Waals surface area contributed by atoms with E-state index in [0.29, 0.717) is 18.3 Å². The van der Waals surface area contributed by atoms with Gasteiger partial charge in [0.05, 0.1) is 4.92 Å². The normalized spacial score (nSPS) is 10.2. The molecule has 0 saturated heterocycles. The quantitative estimate of drug-likeness (QED) is 0.433. The number of rotatable bonds is 8. The Labute approximate surface area is 141 Å². The van der Waals surface area contributed by atoms with E-state index in [4.69, 9.17) is 4.74 Å². The third-order valence-electron chi connectivity index (χ3n) is 3.11. The number of halogens is 2. The van der Waals surface area contributed by atoms with Crippen LogP contribution in [0, 0.1) is 21.7 Å². The molecule has 0 aliphatic carbocycles. The van der Waals surface area contributed by atoms with E-state index in [-0.39, 0.29) is 18.0 Å². The first-order valence-electron chi connectivity index (χ1n) is 7.28. The van der Waals surface area contributed by atoms with Gasteiger partial charge >= 0.3 is 0 Å². The first-order chi connectivity index (χ1) is 12.0. The minimum absolute atomic E-state index is 0.0102. The molecular weight excluding hydrogens is 336 g/mol. The molecule has 0 fully saturated rings. The highest BCUT2D eigenvalue weighted by atomic mass is 19.1. The van der Waals surface area contributed by atoms with Crippen molar-refractivity contribution in [2.75, 3.05) is 25.0 Å². The minimum Gasteiger partial charge on any atom is -0.481 e. The summed E-state index contributed by atoms with van der Waals surface area (Å²) < 4.78 is 31.0. The van der Waals surface area contributed by atoms with Crippen molar-refractivity contribution < 1.29 is 23.2 Å². The monoisotopic (exact) mass is 351 g/mol. The van der Waals surface area contributed by atoms with Crippen molar-refractivity contribution in [3.63, 3.8) is 0 Å². The van der Waals surface area contributed by atoms with Crippen molar-refractivity contribution in [1.82, 2.24) is 5.32 Å². The molecule has 0 atom stereocenters. The Morgan fingerprint density at radius 3 is 2.48 bits per heavy atom. The first-order valence-corrected chi connectivity index (χ1v) is 7.28. The second kappa shape index (κ2) is 8.57. The SMILES string of the molecule is O=C(COc1ccc(F)cc1F)NCCNc1ccc([N+](=O)[O-])cc1. The van der Waals surface area contributed by atoms with Gasteiger partial charge in [-0.1, -0.05) is 0 Å². The van der Waals surface area contributed by atoms with Crippen LogP contribution in [0.3, 0.4) is 0 Å². The highest BCUT2D eigenvalue weighted by molar-refractivity contribution is 5.77. The highest BCUT2D eigenvalue weighted by Gasteiger charge is 2.08. The number of hydrogen-bond donors (Lipinski definition) is 2. The van der Waals surface area contributed by atoms with Gasteiger partial charge in [-0.05, 0) is 24.3 Å². The van der Waals surface area contributed by atoms with E-state index in [1.165, 1.54) is 12.1 Å². The number of nitrogens with one attached hydrogen (secondary N) is 2. The van der Waals surface area contributed by atoms with Crippen LogP contribution in [-0.4, -0.2) is 30.5 Å². The molecule has 0 aromatic heterocycles. The third-order valence-corrected chi connectivity index (χ3v) is 3.11. The molecule has 132 valence electrons. The Hall–Kier alpha value is -3.23. The average molecular weight is 351 g/mol. The van der Waals surface area contributed by atoms with E-state index in [2.05, 4.69) is 10.6 Å². The predicted molar refractivity (Wildman–Crippen MR) is 86.4 cm³/mol. The van der Waals surface area contributed by atoms with Crippen LogP contribution in [0.15, 0.2) is 42.5 Å². The molecule has 7 nitrogen and oxygen atoms in total. The first kappa shape index (κ1) is 18.1. The fraction of sp³-hybridized carbons (Fsp3) is 0.188. The lowest BCUT2D eigenvalue weighted by atomic mass is 10.3. The van der Waals surface area contributed by atoms with Crippen LogP contribution in [0.4, 0.5) is 20.2 Å². The Morgan fingerprint density at radius 2 is 1.84 bits per heavy atom. The summed E-state index contributed by atoms with van der Waals surface area (Å²) in [5, 5.41) is 16.1. The summed E-state index contributed by atoms with van der Waals surface area (Å²) in [7, 11) is 0. The Bertz CT molecular complexity index is 754. The maximum atomic E-state index is 13.3. The molecule has 2 aromatic carbocycles. The lowest BCUT2D eigenvalue weighted by molar-refractivity contribution is -0.384. The molecule has 2 rings (SSSR count). The molecule has 0 saturated carbocycles. The van der Waals surface area contributed by atoms with Gasteiger partial charge in [-0.3, -0.25) is 14.9 Å². The number of hydrogen-bond acceptors (Lipinski definition) is 5. The van der Waals surface area contributed by atoms with Crippen LogP contribution in [0.25, 0.3) is 0 Å². The summed E-state index contributed by atoms with van der Waals surface area (Å²) in [6.07, 6.45) is 0. The Balaban J connectivity index is 1.67. The average Bonchev–Trinajstić information content (AvgIpc) is 2.58. The van der Waals surface area contributed by atoms with Gasteiger partial charge in [0.25, 0.3) is 11.6 Å². The molecule has 0 bridgehead atoms. The number of nitro benzene ring substituents is 1. The van der Waals surface area contributed by atoms with Gasteiger partial charge in [-0.2, -0.15) is 0 Å². The van der Waals surface area contributed by atoms with Crippen molar-refractivity contribution in [3.05, 3.63) is 64.2 Å². The summed E-state index contributed by atoms with van der Waals surface area (Å²) in [6.45, 7) is 0.250. The number of nitro groups is 1. The second-order valence-corrected chi connectivity index (χ2v) is 4.94. The number of ether oxygens (including phenoxy) is 1. The van der Waals surface area contributed by atoms with Gasteiger partial charge in [-0.15, -0.1) is 0 Å². The molecule has 2 N–H and O–H groups in total. The maximum absolute atomic E-state index is 13.3. The zero-order valence-corrected chi connectivity index (χ0v) is 13.0. The summed E-state index contributed by atoms with van der Waals surface area (Å²) in [5.74, 6) is -2.28. The zero-order chi connectivity index (χ0) is 18.2. The summed E-state index contributed by atoms with van der Waals surface area (Å²) in [4.78, 5) is 21.6. The lowest BCUT2D eigenvalue weighted by Crippen LogP contribution is -2.32. The van der Waals surface area contributed by atoms with Crippen LogP contribution in [0.1, 0.15) is 0 Å². The number of nitrogens with zero attached hydrogens (tertiary/aromatic N) is 1. The topological polar surface area (TPSA) is 93.5 Å². The van der Waals surface area contributed by atoms with Gasteiger partial charge in [0.2, 0.25) is 0 Å². The number of carbonyl (C=O) groups excluding carboxylic acids is 1. The molecule has 0 aliphatic rings. The van der Waals surface area contributed by atoms with Crippen LogP contribution in [0.5, 0.6) is 5.75 Å². The molecule has 2 aromatic rings. The molecule has 0 aliphatic heterocycles. The Morgan fingerprint density at radius 1 is 1.12 bits per heavy atom. The summed E-state index contributed by atoms with van der Waals surface area (Å²) >= 11 is 0. The highest BCUT2D eigenvalue weighted by Crippen LogP contribution is 2.17. The number of anilines is 1. The minimum atomic E-state index is -0.882. The van der Waals surface area contributed by atoms with Crippen LogP contribution in [0.2, 0.25) is 0 Å². The van der Waals surface area contributed by atoms with Gasteiger partial charge in [-0.25, -0.2) is 8.78 Å². The lowest BCUT2D eigenvalue weighted by Gasteiger charge is -2.09. The molecular formula is C16H15F2N3O4. The summed E-state index contributed by atoms with van der Waals surface area (Å²) in [5.41, 5.74) is 0.661. The van der Waals surface area contributed by atoms with Gasteiger partial charge in [0, 0.05) is 37.0 Å². The maximum Gasteiger partial charge on any atom is 0.269 e. The molecule has 9 heteroatoms. The van der Waals surface area contributed by atoms with E-state index in [1.54, 1.807) is 12.1 Å². The van der Waals surface area contributed by atoms with Gasteiger partial charge in [0.15, 0.2) is 18.2 Å². The largest absolute Gasteiger partial charge is 0.481 e. The van der Waals surface area contributed by atoms with Crippen LogP contribution >= 0.6 is 0 Å². The predicted octanol–water partition coefficient (Wildman–Crippen LogP) is 2.48. The van der Waals surface area contributed by atoms with Gasteiger partial charge < -0.3 is 15.4 Å². The van der Waals surface area contributed by atoms with Crippen molar-refractivity contribution >= 4 is 17.3 Å². The number of benzene rings is 2. The fourth-order valence-electron chi connectivity index (χ4n) is 1.90. The van der Waals surface area contributed by atoms with Crippen LogP contribution < -0.4 is 15.4 Å². The Kier molecular flexibility index (Phi) is 6.21. The van der Waals surface area contributed by atoms with E-state index >= 15 is 0 Å². The van der Waals surface area contributed by atoms with Crippen molar-refractivity contribution in [2.45, 2.75) is 0 Å². The van der Waals surface area contributed by atoms with E-state index in [0.717, 1.165) is 12.1 Å². The molecule has 0 unspecified atom stereocenters. The third kappa shape index (κ3) is 5.72. The van der Waals surface area contributed by atoms with Crippen LogP contribution in [-0.2, 0) is 4.79 Å².